The third kappa shape index (κ3) is 2.81. The molecule has 3 rings (SSSR count). The van der Waals surface area contributed by atoms with Crippen molar-refractivity contribution >= 4 is 23.3 Å². The molecule has 1 atom stereocenters. The van der Waals surface area contributed by atoms with Crippen LogP contribution in [0.2, 0.25) is 5.02 Å². The average molecular weight is 304 g/mol. The maximum Gasteiger partial charge on any atom is 0.339 e. The minimum atomic E-state index is -1.04. The number of hydrogen-bond acceptors (Lipinski definition) is 3. The highest BCUT2D eigenvalue weighted by atomic mass is 35.5. The molecule has 0 radical (unpaired) electrons. The SMILES string of the molecule is O=C(O)c1c(Cl)cccc1NCC1Cc2ccccc2O1. The van der Waals surface area contributed by atoms with Gasteiger partial charge in [-0.05, 0) is 23.8 Å². The van der Waals surface area contributed by atoms with Crippen LogP contribution < -0.4 is 10.1 Å². The second kappa shape index (κ2) is 5.66. The van der Waals surface area contributed by atoms with Crippen molar-refractivity contribution in [1.82, 2.24) is 0 Å². The molecule has 0 amide bonds. The second-order valence-electron chi connectivity index (χ2n) is 4.90. The summed E-state index contributed by atoms with van der Waals surface area (Å²) in [5.41, 5.74) is 1.78. The number of para-hydroxylation sites is 1. The zero-order chi connectivity index (χ0) is 14.8. The lowest BCUT2D eigenvalue weighted by Gasteiger charge is -2.15. The number of rotatable bonds is 4. The average Bonchev–Trinajstić information content (AvgIpc) is 2.87. The molecule has 21 heavy (non-hydrogen) atoms. The van der Waals surface area contributed by atoms with Gasteiger partial charge in [-0.2, -0.15) is 0 Å². The molecule has 0 spiro atoms. The number of ether oxygens (including phenoxy) is 1. The van der Waals surface area contributed by atoms with Crippen molar-refractivity contribution in [1.29, 1.82) is 0 Å². The van der Waals surface area contributed by atoms with E-state index < -0.39 is 5.97 Å². The van der Waals surface area contributed by atoms with E-state index >= 15 is 0 Å². The van der Waals surface area contributed by atoms with E-state index in [1.54, 1.807) is 18.2 Å². The lowest BCUT2D eigenvalue weighted by molar-refractivity contribution is 0.0698. The molecule has 1 heterocycles. The maximum atomic E-state index is 11.3. The fourth-order valence-corrected chi connectivity index (χ4v) is 2.74. The van der Waals surface area contributed by atoms with Gasteiger partial charge in [0.05, 0.1) is 17.3 Å². The Hall–Kier alpha value is -2.20. The summed E-state index contributed by atoms with van der Waals surface area (Å²) < 4.78 is 5.82. The molecule has 0 aliphatic carbocycles. The summed E-state index contributed by atoms with van der Waals surface area (Å²) in [6, 6.07) is 12.9. The lowest BCUT2D eigenvalue weighted by Crippen LogP contribution is -2.24. The molecule has 2 aromatic carbocycles. The largest absolute Gasteiger partial charge is 0.488 e. The van der Waals surface area contributed by atoms with Crippen LogP contribution in [0.4, 0.5) is 5.69 Å². The van der Waals surface area contributed by atoms with E-state index in [4.69, 9.17) is 16.3 Å². The zero-order valence-electron chi connectivity index (χ0n) is 11.2. The Kier molecular flexibility index (Phi) is 3.71. The molecular weight excluding hydrogens is 290 g/mol. The van der Waals surface area contributed by atoms with Gasteiger partial charge >= 0.3 is 5.97 Å². The topological polar surface area (TPSA) is 58.6 Å². The van der Waals surface area contributed by atoms with Gasteiger partial charge in [0.15, 0.2) is 0 Å². The second-order valence-corrected chi connectivity index (χ2v) is 5.31. The number of carboxylic acid groups (broad SMARTS) is 1. The smallest absolute Gasteiger partial charge is 0.339 e. The van der Waals surface area contributed by atoms with Crippen LogP contribution in [0.25, 0.3) is 0 Å². The summed E-state index contributed by atoms with van der Waals surface area (Å²) in [5.74, 6) is -0.146. The van der Waals surface area contributed by atoms with Crippen molar-refractivity contribution in [2.75, 3.05) is 11.9 Å². The minimum absolute atomic E-state index is 0.0111. The van der Waals surface area contributed by atoms with Gasteiger partial charge in [0.2, 0.25) is 0 Å². The van der Waals surface area contributed by atoms with E-state index in [9.17, 15) is 9.90 Å². The summed E-state index contributed by atoms with van der Waals surface area (Å²) >= 11 is 5.94. The van der Waals surface area contributed by atoms with Crippen molar-refractivity contribution in [2.24, 2.45) is 0 Å². The van der Waals surface area contributed by atoms with Crippen LogP contribution in [-0.4, -0.2) is 23.7 Å². The van der Waals surface area contributed by atoms with Gasteiger partial charge in [-0.25, -0.2) is 4.79 Å². The summed E-state index contributed by atoms with van der Waals surface area (Å²) in [5, 5.41) is 12.6. The molecule has 0 saturated carbocycles. The van der Waals surface area contributed by atoms with E-state index in [1.807, 2.05) is 24.3 Å². The number of aromatic carboxylic acids is 1. The van der Waals surface area contributed by atoms with Gasteiger partial charge in [0.1, 0.15) is 17.4 Å². The third-order valence-corrected chi connectivity index (χ3v) is 3.78. The molecule has 5 heteroatoms. The number of halogens is 1. The predicted octanol–water partition coefficient (Wildman–Crippen LogP) is 3.45. The van der Waals surface area contributed by atoms with E-state index in [-0.39, 0.29) is 16.7 Å². The van der Waals surface area contributed by atoms with E-state index in [0.717, 1.165) is 12.2 Å². The molecule has 1 unspecified atom stereocenters. The molecular formula is C16H14ClNO3. The van der Waals surface area contributed by atoms with Gasteiger partial charge in [-0.1, -0.05) is 35.9 Å². The van der Waals surface area contributed by atoms with Crippen molar-refractivity contribution in [3.63, 3.8) is 0 Å². The standard InChI is InChI=1S/C16H14ClNO3/c17-12-5-3-6-13(15(12)16(19)20)18-9-11-8-10-4-1-2-7-14(10)21-11/h1-7,11,18H,8-9H2,(H,19,20). The van der Waals surface area contributed by atoms with Crippen LogP contribution in [-0.2, 0) is 6.42 Å². The van der Waals surface area contributed by atoms with E-state index in [1.165, 1.54) is 5.56 Å². The Morgan fingerprint density at radius 1 is 1.29 bits per heavy atom. The number of nitrogens with one attached hydrogen (secondary N) is 1. The van der Waals surface area contributed by atoms with Gasteiger partial charge < -0.3 is 15.2 Å². The Morgan fingerprint density at radius 2 is 2.10 bits per heavy atom. The molecule has 1 aliphatic heterocycles. The van der Waals surface area contributed by atoms with Crippen LogP contribution in [0, 0.1) is 0 Å². The minimum Gasteiger partial charge on any atom is -0.488 e. The monoisotopic (exact) mass is 303 g/mol. The number of hydrogen-bond donors (Lipinski definition) is 2. The number of anilines is 1. The molecule has 0 fully saturated rings. The van der Waals surface area contributed by atoms with Crippen molar-refractivity contribution < 1.29 is 14.6 Å². The fraction of sp³-hybridized carbons (Fsp3) is 0.188. The van der Waals surface area contributed by atoms with Crippen LogP contribution in [0.15, 0.2) is 42.5 Å². The molecule has 2 aromatic rings. The number of carbonyl (C=O) groups is 1. The predicted molar refractivity (Wildman–Crippen MR) is 81.5 cm³/mol. The lowest BCUT2D eigenvalue weighted by atomic mass is 10.1. The summed E-state index contributed by atoms with van der Waals surface area (Å²) in [6.45, 7) is 0.523. The molecule has 108 valence electrons. The first-order valence-corrected chi connectivity index (χ1v) is 7.03. The molecule has 4 nitrogen and oxygen atoms in total. The van der Waals surface area contributed by atoms with Crippen LogP contribution in [0.1, 0.15) is 15.9 Å². The molecule has 0 aromatic heterocycles. The fourth-order valence-electron chi connectivity index (χ4n) is 2.48. The molecule has 1 aliphatic rings. The molecule has 0 saturated heterocycles. The highest BCUT2D eigenvalue weighted by Gasteiger charge is 2.23. The first kappa shape index (κ1) is 13.8. The van der Waals surface area contributed by atoms with Gasteiger partial charge in [-0.15, -0.1) is 0 Å². The Morgan fingerprint density at radius 3 is 2.86 bits per heavy atom. The van der Waals surface area contributed by atoms with Gasteiger partial charge in [-0.3, -0.25) is 0 Å². The van der Waals surface area contributed by atoms with Crippen molar-refractivity contribution in [3.05, 3.63) is 58.6 Å². The number of carboxylic acids is 1. The molecule has 0 bridgehead atoms. The highest BCUT2D eigenvalue weighted by Crippen LogP contribution is 2.29. The summed E-state index contributed by atoms with van der Waals surface area (Å²) in [6.07, 6.45) is 0.801. The highest BCUT2D eigenvalue weighted by molar-refractivity contribution is 6.34. The van der Waals surface area contributed by atoms with Crippen LogP contribution >= 0.6 is 11.6 Å². The van der Waals surface area contributed by atoms with E-state index in [2.05, 4.69) is 5.32 Å². The first-order chi connectivity index (χ1) is 10.1. The Balaban J connectivity index is 1.70. The number of fused-ring (bicyclic) bond motifs is 1. The van der Waals surface area contributed by atoms with E-state index in [0.29, 0.717) is 12.2 Å². The van der Waals surface area contributed by atoms with Crippen LogP contribution in [0.5, 0.6) is 5.75 Å². The quantitative estimate of drug-likeness (QED) is 0.908. The Bertz CT molecular complexity index is 662. The third-order valence-electron chi connectivity index (χ3n) is 3.46. The zero-order valence-corrected chi connectivity index (χ0v) is 11.9. The summed E-state index contributed by atoms with van der Waals surface area (Å²) in [4.78, 5) is 11.3. The Labute approximate surface area is 127 Å². The van der Waals surface area contributed by atoms with Crippen molar-refractivity contribution in [3.8, 4) is 5.75 Å². The van der Waals surface area contributed by atoms with Gasteiger partial charge in [0, 0.05) is 6.42 Å². The van der Waals surface area contributed by atoms with Gasteiger partial charge in [0.25, 0.3) is 0 Å². The first-order valence-electron chi connectivity index (χ1n) is 6.65. The van der Waals surface area contributed by atoms with Crippen LogP contribution in [0.3, 0.4) is 0 Å². The number of benzene rings is 2. The van der Waals surface area contributed by atoms with Crippen molar-refractivity contribution in [2.45, 2.75) is 12.5 Å². The summed E-state index contributed by atoms with van der Waals surface area (Å²) in [7, 11) is 0. The molecule has 2 N–H and O–H groups in total. The maximum absolute atomic E-state index is 11.3. The normalized spacial score (nSPS) is 16.1.